The molecule has 74 valence electrons. The number of hydrogen-bond donors (Lipinski definition) is 0. The van der Waals surface area contributed by atoms with Crippen LogP contribution >= 0.6 is 38.9 Å². The summed E-state index contributed by atoms with van der Waals surface area (Å²) in [6, 6.07) is 4.00. The van der Waals surface area contributed by atoms with Gasteiger partial charge in [-0.2, -0.15) is 0 Å². The van der Waals surface area contributed by atoms with Crippen LogP contribution in [0.3, 0.4) is 0 Å². The van der Waals surface area contributed by atoms with Crippen LogP contribution in [0.1, 0.15) is 6.92 Å². The Morgan fingerprint density at radius 1 is 1.57 bits per heavy atom. The lowest BCUT2D eigenvalue weighted by molar-refractivity contribution is 0.339. The van der Waals surface area contributed by atoms with E-state index >= 15 is 0 Å². The van der Waals surface area contributed by atoms with Crippen LogP contribution in [-0.2, 0) is 0 Å². The lowest BCUT2D eigenvalue weighted by Gasteiger charge is -2.08. The minimum atomic E-state index is 0.619. The van der Waals surface area contributed by atoms with Gasteiger partial charge in [-0.05, 0) is 40.4 Å². The predicted molar refractivity (Wildman–Crippen MR) is 65.7 cm³/mol. The molecule has 0 bridgehead atoms. The van der Waals surface area contributed by atoms with Crippen molar-refractivity contribution >= 4 is 49.0 Å². The Kier molecular flexibility index (Phi) is 3.00. The van der Waals surface area contributed by atoms with Crippen molar-refractivity contribution in [1.82, 2.24) is 0 Å². The molecule has 1 aromatic carbocycles. The molecule has 0 fully saturated rings. The SMILES string of the molecule is CCOc1c(Cl)cc2sccc2c1Br. The average molecular weight is 292 g/mol. The van der Waals surface area contributed by atoms with E-state index in [0.29, 0.717) is 11.6 Å². The zero-order chi connectivity index (χ0) is 10.1. The molecule has 0 atom stereocenters. The molecule has 1 nitrogen and oxygen atoms in total. The summed E-state index contributed by atoms with van der Waals surface area (Å²) in [5.74, 6) is 0.736. The van der Waals surface area contributed by atoms with E-state index in [1.807, 2.05) is 18.4 Å². The van der Waals surface area contributed by atoms with Crippen LogP contribution < -0.4 is 4.74 Å². The van der Waals surface area contributed by atoms with Crippen LogP contribution in [0.25, 0.3) is 10.1 Å². The minimum Gasteiger partial charge on any atom is -0.491 e. The number of benzene rings is 1. The molecule has 1 aromatic heterocycles. The van der Waals surface area contributed by atoms with Crippen LogP contribution in [0.15, 0.2) is 22.0 Å². The first kappa shape index (κ1) is 10.3. The van der Waals surface area contributed by atoms with Crippen LogP contribution in [0.2, 0.25) is 5.02 Å². The summed E-state index contributed by atoms with van der Waals surface area (Å²) in [6.45, 7) is 2.56. The van der Waals surface area contributed by atoms with Crippen molar-refractivity contribution in [2.45, 2.75) is 6.92 Å². The normalized spacial score (nSPS) is 10.8. The van der Waals surface area contributed by atoms with E-state index < -0.39 is 0 Å². The smallest absolute Gasteiger partial charge is 0.152 e. The Hall–Kier alpha value is -0.250. The summed E-state index contributed by atoms with van der Waals surface area (Å²) in [4.78, 5) is 0. The zero-order valence-electron chi connectivity index (χ0n) is 7.51. The minimum absolute atomic E-state index is 0.619. The summed E-state index contributed by atoms with van der Waals surface area (Å²) >= 11 is 11.3. The summed E-state index contributed by atoms with van der Waals surface area (Å²) in [6.07, 6.45) is 0. The molecule has 0 radical (unpaired) electrons. The van der Waals surface area contributed by atoms with Gasteiger partial charge in [-0.25, -0.2) is 0 Å². The van der Waals surface area contributed by atoms with E-state index in [1.165, 1.54) is 4.70 Å². The van der Waals surface area contributed by atoms with E-state index in [4.69, 9.17) is 16.3 Å². The van der Waals surface area contributed by atoms with E-state index in [1.54, 1.807) is 11.3 Å². The molecule has 0 saturated heterocycles. The summed E-state index contributed by atoms with van der Waals surface area (Å²) < 4.78 is 7.59. The summed E-state index contributed by atoms with van der Waals surface area (Å²) in [7, 11) is 0. The van der Waals surface area contributed by atoms with Crippen LogP contribution in [-0.4, -0.2) is 6.61 Å². The molecule has 0 amide bonds. The predicted octanol–water partition coefficient (Wildman–Crippen LogP) is 4.72. The second-order valence-corrected chi connectivity index (χ2v) is 4.91. The highest BCUT2D eigenvalue weighted by atomic mass is 79.9. The fourth-order valence-corrected chi connectivity index (χ4v) is 3.37. The monoisotopic (exact) mass is 290 g/mol. The highest BCUT2D eigenvalue weighted by Crippen LogP contribution is 2.41. The maximum Gasteiger partial charge on any atom is 0.152 e. The largest absolute Gasteiger partial charge is 0.491 e. The van der Waals surface area contributed by atoms with E-state index in [-0.39, 0.29) is 0 Å². The first-order valence-corrected chi connectivity index (χ1v) is 6.27. The molecule has 0 saturated carbocycles. The third-order valence-electron chi connectivity index (χ3n) is 1.89. The lowest BCUT2D eigenvalue weighted by atomic mass is 10.2. The molecular formula is C10H8BrClOS. The number of halogens is 2. The fraction of sp³-hybridized carbons (Fsp3) is 0.200. The summed E-state index contributed by atoms with van der Waals surface area (Å²) in [5, 5.41) is 3.86. The molecule has 0 spiro atoms. The maximum absolute atomic E-state index is 6.10. The van der Waals surface area contributed by atoms with E-state index in [2.05, 4.69) is 22.0 Å². The molecular weight excluding hydrogens is 284 g/mol. The first-order chi connectivity index (χ1) is 6.74. The van der Waals surface area contributed by atoms with Gasteiger partial charge in [0.15, 0.2) is 5.75 Å². The van der Waals surface area contributed by atoms with Gasteiger partial charge < -0.3 is 4.74 Å². The van der Waals surface area contributed by atoms with E-state index in [9.17, 15) is 0 Å². The fourth-order valence-electron chi connectivity index (χ4n) is 1.30. The summed E-state index contributed by atoms with van der Waals surface area (Å²) in [5.41, 5.74) is 0. The molecule has 2 rings (SSSR count). The Morgan fingerprint density at radius 3 is 3.07 bits per heavy atom. The Balaban J connectivity index is 2.69. The topological polar surface area (TPSA) is 9.23 Å². The molecule has 0 aliphatic carbocycles. The lowest BCUT2D eigenvalue weighted by Crippen LogP contribution is -1.93. The molecule has 1 heterocycles. The second-order valence-electron chi connectivity index (χ2n) is 2.77. The molecule has 0 aliphatic rings. The van der Waals surface area contributed by atoms with Gasteiger partial charge in [0, 0.05) is 10.1 Å². The van der Waals surface area contributed by atoms with Crippen LogP contribution in [0, 0.1) is 0 Å². The van der Waals surface area contributed by atoms with Gasteiger partial charge in [0.2, 0.25) is 0 Å². The highest BCUT2D eigenvalue weighted by molar-refractivity contribution is 9.10. The van der Waals surface area contributed by atoms with Gasteiger partial charge in [0.1, 0.15) is 0 Å². The zero-order valence-corrected chi connectivity index (χ0v) is 10.7. The van der Waals surface area contributed by atoms with E-state index in [0.717, 1.165) is 15.6 Å². The van der Waals surface area contributed by atoms with Crippen molar-refractivity contribution in [2.75, 3.05) is 6.61 Å². The van der Waals surface area contributed by atoms with Gasteiger partial charge in [0.05, 0.1) is 16.1 Å². The quantitative estimate of drug-likeness (QED) is 0.778. The number of hydrogen-bond acceptors (Lipinski definition) is 2. The highest BCUT2D eigenvalue weighted by Gasteiger charge is 2.11. The van der Waals surface area contributed by atoms with Gasteiger partial charge in [-0.1, -0.05) is 11.6 Å². The Bertz CT molecular complexity index is 466. The van der Waals surface area contributed by atoms with Crippen molar-refractivity contribution in [3.8, 4) is 5.75 Å². The molecule has 0 aliphatic heterocycles. The number of ether oxygens (including phenoxy) is 1. The molecule has 14 heavy (non-hydrogen) atoms. The first-order valence-electron chi connectivity index (χ1n) is 4.22. The Morgan fingerprint density at radius 2 is 2.36 bits per heavy atom. The molecule has 0 unspecified atom stereocenters. The van der Waals surface area contributed by atoms with Crippen molar-refractivity contribution in [3.05, 3.63) is 27.0 Å². The Labute approximate surface area is 99.8 Å². The standard InChI is InChI=1S/C10H8BrClOS/c1-2-13-10-7(12)5-8-6(9(10)11)3-4-14-8/h3-5H,2H2,1H3. The van der Waals surface area contributed by atoms with Gasteiger partial charge >= 0.3 is 0 Å². The third kappa shape index (κ3) is 1.64. The van der Waals surface area contributed by atoms with Gasteiger partial charge in [0.25, 0.3) is 0 Å². The van der Waals surface area contributed by atoms with Gasteiger partial charge in [-0.3, -0.25) is 0 Å². The molecule has 0 N–H and O–H groups in total. The van der Waals surface area contributed by atoms with Crippen molar-refractivity contribution in [2.24, 2.45) is 0 Å². The second kappa shape index (κ2) is 4.09. The number of thiophene rings is 1. The van der Waals surface area contributed by atoms with Gasteiger partial charge in [-0.15, -0.1) is 11.3 Å². The van der Waals surface area contributed by atoms with Crippen molar-refractivity contribution in [1.29, 1.82) is 0 Å². The van der Waals surface area contributed by atoms with Crippen molar-refractivity contribution in [3.63, 3.8) is 0 Å². The number of fused-ring (bicyclic) bond motifs is 1. The maximum atomic E-state index is 6.10. The average Bonchev–Trinajstić information content (AvgIpc) is 2.60. The molecule has 4 heteroatoms. The number of rotatable bonds is 2. The molecule has 2 aromatic rings. The third-order valence-corrected chi connectivity index (χ3v) is 3.83. The van der Waals surface area contributed by atoms with Crippen LogP contribution in [0.4, 0.5) is 0 Å². The van der Waals surface area contributed by atoms with Crippen molar-refractivity contribution < 1.29 is 4.74 Å². The van der Waals surface area contributed by atoms with Crippen LogP contribution in [0.5, 0.6) is 5.75 Å².